The lowest BCUT2D eigenvalue weighted by molar-refractivity contribution is 1.26. The predicted octanol–water partition coefficient (Wildman–Crippen LogP) is 3.34. The summed E-state index contributed by atoms with van der Waals surface area (Å²) >= 11 is 0. The van der Waals surface area contributed by atoms with Gasteiger partial charge >= 0.3 is 0 Å². The van der Waals surface area contributed by atoms with Crippen molar-refractivity contribution in [2.24, 2.45) is 5.73 Å². The highest BCUT2D eigenvalue weighted by molar-refractivity contribution is 5.39. The minimum Gasteiger partial charge on any atom is -0.399 e. The summed E-state index contributed by atoms with van der Waals surface area (Å²) in [6.07, 6.45) is 5.47. The minimum absolute atomic E-state index is 0.600. The molecule has 13 heavy (non-hydrogen) atoms. The van der Waals surface area contributed by atoms with Gasteiger partial charge in [-0.2, -0.15) is 0 Å². The minimum atomic E-state index is 0.600. The molecule has 2 N–H and O–H groups in total. The van der Waals surface area contributed by atoms with Crippen molar-refractivity contribution in [2.75, 3.05) is 0 Å². The smallest absolute Gasteiger partial charge is 0.0313 e. The average molecular weight is 177 g/mol. The Morgan fingerprint density at radius 2 is 1.69 bits per heavy atom. The van der Waals surface area contributed by atoms with Crippen molar-refractivity contribution in [3.8, 4) is 0 Å². The van der Waals surface area contributed by atoms with E-state index in [1.54, 1.807) is 6.08 Å². The highest BCUT2D eigenvalue weighted by atomic mass is 14.6. The molecule has 1 nitrogen and oxygen atoms in total. The molecule has 0 fully saturated rings. The van der Waals surface area contributed by atoms with Gasteiger partial charge in [0.05, 0.1) is 0 Å². The van der Waals surface area contributed by atoms with E-state index in [9.17, 15) is 0 Å². The van der Waals surface area contributed by atoms with Crippen LogP contribution in [0.25, 0.3) is 0 Å². The maximum Gasteiger partial charge on any atom is 0.0313 e. The van der Waals surface area contributed by atoms with E-state index < -0.39 is 0 Å². The van der Waals surface area contributed by atoms with Gasteiger partial charge in [0, 0.05) is 5.70 Å². The van der Waals surface area contributed by atoms with E-state index in [2.05, 4.69) is 26.3 Å². The van der Waals surface area contributed by atoms with Gasteiger partial charge in [-0.05, 0) is 19.4 Å². The van der Waals surface area contributed by atoms with Gasteiger partial charge in [0.25, 0.3) is 0 Å². The predicted molar refractivity (Wildman–Crippen MR) is 62.3 cm³/mol. The highest BCUT2D eigenvalue weighted by Gasteiger charge is 1.94. The van der Waals surface area contributed by atoms with Gasteiger partial charge in [-0.15, -0.1) is 13.2 Å². The van der Waals surface area contributed by atoms with E-state index in [1.165, 1.54) is 0 Å². The van der Waals surface area contributed by atoms with Crippen LogP contribution >= 0.6 is 0 Å². The Morgan fingerprint density at radius 1 is 1.23 bits per heavy atom. The van der Waals surface area contributed by atoms with E-state index in [1.807, 2.05) is 26.0 Å². The summed E-state index contributed by atoms with van der Waals surface area (Å²) in [5.41, 5.74) is 8.29. The molecule has 0 amide bonds. The van der Waals surface area contributed by atoms with Gasteiger partial charge in [0.2, 0.25) is 0 Å². The van der Waals surface area contributed by atoms with Crippen molar-refractivity contribution in [3.63, 3.8) is 0 Å². The fraction of sp³-hybridized carbons (Fsp3) is 0.167. The van der Waals surface area contributed by atoms with Crippen LogP contribution in [0, 0.1) is 0 Å². The number of hydrogen-bond acceptors (Lipinski definition) is 1. The molecule has 0 aromatic rings. The normalized spacial score (nSPS) is 8.46. The van der Waals surface area contributed by atoms with Crippen LogP contribution in [0.15, 0.2) is 61.4 Å². The fourth-order valence-electron chi connectivity index (χ4n) is 0.759. The van der Waals surface area contributed by atoms with Crippen LogP contribution in [0.2, 0.25) is 0 Å². The molecule has 0 atom stereocenters. The van der Waals surface area contributed by atoms with Gasteiger partial charge in [-0.1, -0.05) is 37.0 Å². The van der Waals surface area contributed by atoms with Gasteiger partial charge in [0.15, 0.2) is 0 Å². The van der Waals surface area contributed by atoms with Crippen LogP contribution in [0.5, 0.6) is 0 Å². The number of nitrogens with two attached hydrogens (primary N) is 1. The fourth-order valence-corrected chi connectivity index (χ4v) is 0.759. The van der Waals surface area contributed by atoms with Gasteiger partial charge in [-0.25, -0.2) is 0 Å². The molecule has 0 spiro atoms. The summed E-state index contributed by atoms with van der Waals surface area (Å²) in [6.45, 7) is 17.2. The molecule has 72 valence electrons. The first kappa shape index (κ1) is 14.0. The average Bonchev–Trinajstić information content (AvgIpc) is 2.07. The van der Waals surface area contributed by atoms with Crippen LogP contribution in [-0.2, 0) is 0 Å². The summed E-state index contributed by atoms with van der Waals surface area (Å²) in [5.74, 6) is 0. The van der Waals surface area contributed by atoms with E-state index >= 15 is 0 Å². The number of hydrogen-bond donors (Lipinski definition) is 1. The van der Waals surface area contributed by atoms with E-state index in [0.717, 1.165) is 11.1 Å². The third-order valence-electron chi connectivity index (χ3n) is 1.28. The van der Waals surface area contributed by atoms with Crippen molar-refractivity contribution < 1.29 is 0 Å². The van der Waals surface area contributed by atoms with Gasteiger partial charge in [-0.3, -0.25) is 0 Å². The largest absolute Gasteiger partial charge is 0.399 e. The van der Waals surface area contributed by atoms with Crippen molar-refractivity contribution >= 4 is 0 Å². The maximum atomic E-state index is 5.54. The molecule has 0 aliphatic heterocycles. The third-order valence-corrected chi connectivity index (χ3v) is 1.28. The Labute approximate surface area is 81.7 Å². The second kappa shape index (κ2) is 8.60. The highest BCUT2D eigenvalue weighted by Crippen LogP contribution is 2.09. The summed E-state index contributed by atoms with van der Waals surface area (Å²) in [6, 6.07) is 0. The van der Waals surface area contributed by atoms with Crippen molar-refractivity contribution in [3.05, 3.63) is 61.4 Å². The summed E-state index contributed by atoms with van der Waals surface area (Å²) in [4.78, 5) is 0. The van der Waals surface area contributed by atoms with Crippen molar-refractivity contribution in [1.29, 1.82) is 0 Å². The second-order valence-electron chi connectivity index (χ2n) is 2.53. The molecule has 0 saturated carbocycles. The quantitative estimate of drug-likeness (QED) is 0.519. The summed E-state index contributed by atoms with van der Waals surface area (Å²) in [7, 11) is 0. The zero-order valence-corrected chi connectivity index (χ0v) is 8.64. The molecular formula is C12H19N. The first-order chi connectivity index (χ1) is 6.09. The third kappa shape index (κ3) is 6.88. The number of rotatable bonds is 3. The first-order valence-corrected chi connectivity index (χ1v) is 4.01. The van der Waals surface area contributed by atoms with Crippen LogP contribution in [0.3, 0.4) is 0 Å². The van der Waals surface area contributed by atoms with E-state index in [4.69, 9.17) is 5.73 Å². The molecule has 0 aromatic heterocycles. The lowest BCUT2D eigenvalue weighted by atomic mass is 10.1. The van der Waals surface area contributed by atoms with Crippen LogP contribution < -0.4 is 5.73 Å². The molecule has 0 aliphatic rings. The van der Waals surface area contributed by atoms with Crippen LogP contribution in [0.1, 0.15) is 13.8 Å². The lowest BCUT2D eigenvalue weighted by Crippen LogP contribution is -1.98. The van der Waals surface area contributed by atoms with Crippen LogP contribution in [-0.4, -0.2) is 0 Å². The van der Waals surface area contributed by atoms with E-state index in [-0.39, 0.29) is 0 Å². The van der Waals surface area contributed by atoms with Crippen molar-refractivity contribution in [1.82, 2.24) is 0 Å². The molecule has 0 radical (unpaired) electrons. The standard InChI is InChI=1S/C10H15N.C2H4/c1-5-6-7-10(8(2)3)9(4)11;1-2/h5-7H,1,4,11H2,2-3H3;1-2H2/b7-6-;. The lowest BCUT2D eigenvalue weighted by Gasteiger charge is -2.02. The topological polar surface area (TPSA) is 26.0 Å². The molecule has 0 aliphatic carbocycles. The second-order valence-corrected chi connectivity index (χ2v) is 2.53. The van der Waals surface area contributed by atoms with Crippen LogP contribution in [0.4, 0.5) is 0 Å². The Morgan fingerprint density at radius 3 is 1.92 bits per heavy atom. The Hall–Kier alpha value is -1.50. The Bertz CT molecular complexity index is 228. The number of allylic oxidation sites excluding steroid dienone is 4. The zero-order valence-electron chi connectivity index (χ0n) is 8.64. The Kier molecular flexibility index (Phi) is 9.29. The molecule has 0 bridgehead atoms. The zero-order chi connectivity index (χ0) is 10.9. The molecule has 0 aromatic carbocycles. The molecule has 1 heteroatoms. The van der Waals surface area contributed by atoms with Gasteiger partial charge in [0.1, 0.15) is 0 Å². The molecular weight excluding hydrogens is 158 g/mol. The van der Waals surface area contributed by atoms with Gasteiger partial charge < -0.3 is 5.73 Å². The molecule has 0 heterocycles. The first-order valence-electron chi connectivity index (χ1n) is 4.01. The van der Waals surface area contributed by atoms with E-state index in [0.29, 0.717) is 5.70 Å². The Balaban J connectivity index is 0. The SMILES string of the molecule is C=C.C=C/C=C\C(C(=C)N)=C(C)C. The maximum absolute atomic E-state index is 5.54. The summed E-state index contributed by atoms with van der Waals surface area (Å²) < 4.78 is 0. The molecule has 0 rings (SSSR count). The molecule has 0 saturated heterocycles. The molecule has 0 unspecified atom stereocenters. The van der Waals surface area contributed by atoms with Crippen molar-refractivity contribution in [2.45, 2.75) is 13.8 Å². The summed E-state index contributed by atoms with van der Waals surface area (Å²) in [5, 5.41) is 0. The monoisotopic (exact) mass is 177 g/mol.